The highest BCUT2D eigenvalue weighted by Gasteiger charge is 2.13. The summed E-state index contributed by atoms with van der Waals surface area (Å²) >= 11 is 6.10. The third-order valence-electron chi connectivity index (χ3n) is 4.08. The molecule has 0 spiro atoms. The van der Waals surface area contributed by atoms with Gasteiger partial charge in [0, 0.05) is 22.8 Å². The van der Waals surface area contributed by atoms with Crippen molar-refractivity contribution in [2.75, 3.05) is 24.9 Å². The predicted octanol–water partition coefficient (Wildman–Crippen LogP) is 4.45. The molecule has 1 amide bonds. The molecule has 0 saturated carbocycles. The number of aromatic nitrogens is 2. The van der Waals surface area contributed by atoms with Gasteiger partial charge in [0.2, 0.25) is 0 Å². The number of benzene rings is 2. The number of nitrogens with one attached hydrogen (secondary N) is 2. The van der Waals surface area contributed by atoms with E-state index < -0.39 is 0 Å². The first-order valence-corrected chi connectivity index (χ1v) is 8.77. The maximum absolute atomic E-state index is 12.6. The minimum absolute atomic E-state index is 0.207. The molecule has 144 valence electrons. The fraction of sp³-hybridized carbons (Fsp3) is 0.150. The van der Waals surface area contributed by atoms with Crippen molar-refractivity contribution in [1.29, 1.82) is 0 Å². The van der Waals surface area contributed by atoms with Crippen molar-refractivity contribution in [2.45, 2.75) is 6.92 Å². The van der Waals surface area contributed by atoms with Gasteiger partial charge < -0.3 is 20.1 Å². The lowest BCUT2D eigenvalue weighted by Gasteiger charge is -2.13. The number of methoxy groups -OCH3 is 2. The molecular weight excluding hydrogens is 380 g/mol. The van der Waals surface area contributed by atoms with Crippen molar-refractivity contribution in [3.8, 4) is 11.5 Å². The van der Waals surface area contributed by atoms with Gasteiger partial charge in [-0.1, -0.05) is 17.7 Å². The van der Waals surface area contributed by atoms with Gasteiger partial charge in [-0.15, -0.1) is 0 Å². The minimum atomic E-state index is -0.367. The normalized spacial score (nSPS) is 10.3. The first kappa shape index (κ1) is 19.4. The fourth-order valence-electron chi connectivity index (χ4n) is 2.53. The fourth-order valence-corrected chi connectivity index (χ4v) is 2.70. The zero-order valence-electron chi connectivity index (χ0n) is 15.6. The van der Waals surface area contributed by atoms with Crippen LogP contribution in [0, 0.1) is 6.92 Å². The van der Waals surface area contributed by atoms with Crippen LogP contribution in [0.15, 0.2) is 48.8 Å². The molecule has 0 bridgehead atoms. The Kier molecular flexibility index (Phi) is 5.96. The second kappa shape index (κ2) is 8.58. The van der Waals surface area contributed by atoms with E-state index in [0.29, 0.717) is 33.7 Å². The zero-order chi connectivity index (χ0) is 20.1. The van der Waals surface area contributed by atoms with Gasteiger partial charge >= 0.3 is 0 Å². The van der Waals surface area contributed by atoms with Crippen LogP contribution in [0.5, 0.6) is 11.5 Å². The molecule has 1 heterocycles. The summed E-state index contributed by atoms with van der Waals surface area (Å²) < 4.78 is 10.6. The van der Waals surface area contributed by atoms with Crippen LogP contribution in [0.2, 0.25) is 5.02 Å². The van der Waals surface area contributed by atoms with Gasteiger partial charge in [-0.2, -0.15) is 0 Å². The molecule has 3 rings (SSSR count). The molecule has 8 heteroatoms. The number of carbonyl (C=O) groups is 1. The molecule has 2 N–H and O–H groups in total. The second-order valence-corrected chi connectivity index (χ2v) is 6.25. The number of ether oxygens (including phenoxy) is 2. The lowest BCUT2D eigenvalue weighted by Crippen LogP contribution is -2.15. The van der Waals surface area contributed by atoms with E-state index in [2.05, 4.69) is 20.6 Å². The van der Waals surface area contributed by atoms with Crippen molar-refractivity contribution in [1.82, 2.24) is 9.97 Å². The molecule has 1 aromatic heterocycles. The molecule has 0 saturated heterocycles. The van der Waals surface area contributed by atoms with Crippen molar-refractivity contribution in [3.05, 3.63) is 65.1 Å². The summed E-state index contributed by atoms with van der Waals surface area (Å²) in [6.07, 6.45) is 1.31. The number of amides is 1. The summed E-state index contributed by atoms with van der Waals surface area (Å²) in [4.78, 5) is 20.8. The molecule has 28 heavy (non-hydrogen) atoms. The van der Waals surface area contributed by atoms with Gasteiger partial charge in [0.1, 0.15) is 29.3 Å². The Bertz CT molecular complexity index is 1010. The van der Waals surface area contributed by atoms with E-state index in [-0.39, 0.29) is 11.6 Å². The van der Waals surface area contributed by atoms with Gasteiger partial charge in [-0.25, -0.2) is 9.97 Å². The largest absolute Gasteiger partial charge is 0.497 e. The van der Waals surface area contributed by atoms with Crippen LogP contribution < -0.4 is 20.1 Å². The summed E-state index contributed by atoms with van der Waals surface area (Å²) in [5.74, 6) is 1.34. The number of nitrogens with zero attached hydrogens (tertiary/aromatic N) is 2. The molecule has 3 aromatic rings. The van der Waals surface area contributed by atoms with Crippen LogP contribution in [0.25, 0.3) is 0 Å². The smallest absolute Gasteiger partial charge is 0.274 e. The van der Waals surface area contributed by atoms with E-state index in [1.807, 2.05) is 6.92 Å². The van der Waals surface area contributed by atoms with Crippen molar-refractivity contribution in [3.63, 3.8) is 0 Å². The van der Waals surface area contributed by atoms with Crippen molar-refractivity contribution < 1.29 is 14.3 Å². The molecule has 0 aliphatic carbocycles. The van der Waals surface area contributed by atoms with Crippen LogP contribution in [0.3, 0.4) is 0 Å². The Labute approximate surface area is 167 Å². The number of anilines is 3. The number of halogens is 1. The Balaban J connectivity index is 1.82. The third kappa shape index (κ3) is 4.32. The Morgan fingerprint density at radius 3 is 2.61 bits per heavy atom. The number of hydrogen-bond acceptors (Lipinski definition) is 6. The van der Waals surface area contributed by atoms with Crippen LogP contribution >= 0.6 is 11.6 Å². The first-order valence-electron chi connectivity index (χ1n) is 8.39. The highest BCUT2D eigenvalue weighted by atomic mass is 35.5. The lowest BCUT2D eigenvalue weighted by molar-refractivity contribution is 0.102. The average molecular weight is 399 g/mol. The lowest BCUT2D eigenvalue weighted by atomic mass is 10.2. The van der Waals surface area contributed by atoms with Crippen LogP contribution in [0.1, 0.15) is 16.1 Å². The second-order valence-electron chi connectivity index (χ2n) is 5.85. The maximum Gasteiger partial charge on any atom is 0.274 e. The molecule has 7 nitrogen and oxygen atoms in total. The van der Waals surface area contributed by atoms with Crippen molar-refractivity contribution >= 4 is 34.7 Å². The van der Waals surface area contributed by atoms with E-state index in [9.17, 15) is 4.79 Å². The van der Waals surface area contributed by atoms with Crippen molar-refractivity contribution in [2.24, 2.45) is 0 Å². The molecule has 0 aliphatic heterocycles. The molecular formula is C20H19ClN4O3. The molecule has 0 atom stereocenters. The Morgan fingerprint density at radius 1 is 1.04 bits per heavy atom. The summed E-state index contributed by atoms with van der Waals surface area (Å²) in [5, 5.41) is 6.51. The van der Waals surface area contributed by atoms with E-state index >= 15 is 0 Å². The Morgan fingerprint density at radius 2 is 1.86 bits per heavy atom. The monoisotopic (exact) mass is 398 g/mol. The predicted molar refractivity (Wildman–Crippen MR) is 109 cm³/mol. The van der Waals surface area contributed by atoms with Gasteiger partial charge in [-0.05, 0) is 36.8 Å². The SMILES string of the molecule is COc1ccc(OC)c(Nc2cc(C(=O)Nc3cccc(Cl)c3C)ncn2)c1. The topological polar surface area (TPSA) is 85.4 Å². The molecule has 0 unspecified atom stereocenters. The Hall–Kier alpha value is -3.32. The molecule has 0 radical (unpaired) electrons. The first-order chi connectivity index (χ1) is 13.5. The van der Waals surface area contributed by atoms with E-state index in [0.717, 1.165) is 5.56 Å². The van der Waals surface area contributed by atoms with E-state index in [1.54, 1.807) is 56.7 Å². The summed E-state index contributed by atoms with van der Waals surface area (Å²) in [6.45, 7) is 1.83. The highest BCUT2D eigenvalue weighted by Crippen LogP contribution is 2.31. The summed E-state index contributed by atoms with van der Waals surface area (Å²) in [7, 11) is 3.15. The minimum Gasteiger partial charge on any atom is -0.497 e. The molecule has 2 aromatic carbocycles. The highest BCUT2D eigenvalue weighted by molar-refractivity contribution is 6.31. The number of hydrogen-bond donors (Lipinski definition) is 2. The summed E-state index contributed by atoms with van der Waals surface area (Å²) in [5.41, 5.74) is 2.27. The van der Waals surface area contributed by atoms with Gasteiger partial charge in [0.05, 0.1) is 19.9 Å². The summed E-state index contributed by atoms with van der Waals surface area (Å²) in [6, 6.07) is 12.2. The van der Waals surface area contributed by atoms with E-state index in [4.69, 9.17) is 21.1 Å². The quantitative estimate of drug-likeness (QED) is 0.638. The van der Waals surface area contributed by atoms with Gasteiger partial charge in [0.15, 0.2) is 0 Å². The van der Waals surface area contributed by atoms with Gasteiger partial charge in [-0.3, -0.25) is 4.79 Å². The van der Waals surface area contributed by atoms with Crippen LogP contribution in [-0.4, -0.2) is 30.1 Å². The number of carbonyl (C=O) groups excluding carboxylic acids is 1. The maximum atomic E-state index is 12.6. The van der Waals surface area contributed by atoms with Crippen LogP contribution in [0.4, 0.5) is 17.2 Å². The number of rotatable bonds is 6. The third-order valence-corrected chi connectivity index (χ3v) is 4.49. The molecule has 0 aliphatic rings. The van der Waals surface area contributed by atoms with Crippen LogP contribution in [-0.2, 0) is 0 Å². The standard InChI is InChI=1S/C20H19ClN4O3/c1-12-14(21)5-4-6-15(12)25-20(26)17-10-19(23-11-22-17)24-16-9-13(27-2)7-8-18(16)28-3/h4-11H,1-3H3,(H,25,26)(H,22,23,24). The van der Waals surface area contributed by atoms with E-state index in [1.165, 1.54) is 6.33 Å². The average Bonchev–Trinajstić information content (AvgIpc) is 2.71. The molecule has 0 fully saturated rings. The van der Waals surface area contributed by atoms with Gasteiger partial charge in [0.25, 0.3) is 5.91 Å². The zero-order valence-corrected chi connectivity index (χ0v) is 16.4.